The first-order chi connectivity index (χ1) is 13.6. The number of carbonyl (C=O) groups excluding carboxylic acids is 1. The Labute approximate surface area is 164 Å². The highest BCUT2D eigenvalue weighted by Gasteiger charge is 2.32. The molecule has 0 unspecified atom stereocenters. The lowest BCUT2D eigenvalue weighted by Crippen LogP contribution is -2.51. The standard InChI is InChI=1S/C22H28N2O4/c1-15-11-22(26)28-20-12-17(7-8-18(15)20)27-14-21(25)23-13-16-5-4-10-24-9-3-2-6-19(16)24/h7-8,11-12,16,19H,2-6,9-10,13-14H2,1H3,(H,23,25)/t16-,19-/m0/s1. The highest BCUT2D eigenvalue weighted by molar-refractivity contribution is 5.81. The maximum Gasteiger partial charge on any atom is 0.336 e. The largest absolute Gasteiger partial charge is 0.484 e. The molecule has 2 aromatic rings. The number of piperidine rings is 2. The molecular weight excluding hydrogens is 356 g/mol. The number of rotatable bonds is 5. The number of nitrogens with one attached hydrogen (secondary N) is 1. The average molecular weight is 384 g/mol. The lowest BCUT2D eigenvalue weighted by atomic mass is 9.83. The third-order valence-corrected chi connectivity index (χ3v) is 6.08. The van der Waals surface area contributed by atoms with E-state index in [-0.39, 0.29) is 18.1 Å². The molecule has 150 valence electrons. The van der Waals surface area contributed by atoms with Crippen LogP contribution in [0.15, 0.2) is 33.5 Å². The van der Waals surface area contributed by atoms with E-state index < -0.39 is 0 Å². The van der Waals surface area contributed by atoms with Crippen molar-refractivity contribution in [3.63, 3.8) is 0 Å². The Morgan fingerprint density at radius 3 is 2.96 bits per heavy atom. The molecule has 0 spiro atoms. The van der Waals surface area contributed by atoms with Crippen molar-refractivity contribution in [1.82, 2.24) is 10.2 Å². The van der Waals surface area contributed by atoms with Gasteiger partial charge in [0.1, 0.15) is 11.3 Å². The van der Waals surface area contributed by atoms with Crippen LogP contribution >= 0.6 is 0 Å². The van der Waals surface area contributed by atoms with Gasteiger partial charge in [-0.25, -0.2) is 4.79 Å². The summed E-state index contributed by atoms with van der Waals surface area (Å²) in [5.74, 6) is 0.946. The normalized spacial score (nSPS) is 22.6. The number of amides is 1. The number of hydrogen-bond donors (Lipinski definition) is 1. The first-order valence-electron chi connectivity index (χ1n) is 10.3. The highest BCUT2D eigenvalue weighted by Crippen LogP contribution is 2.30. The Morgan fingerprint density at radius 2 is 2.07 bits per heavy atom. The van der Waals surface area contributed by atoms with Crippen molar-refractivity contribution >= 4 is 16.9 Å². The Hall–Kier alpha value is -2.34. The fourth-order valence-electron chi connectivity index (χ4n) is 4.66. The molecule has 0 saturated carbocycles. The van der Waals surface area contributed by atoms with Gasteiger partial charge >= 0.3 is 5.63 Å². The number of carbonyl (C=O) groups is 1. The Morgan fingerprint density at radius 1 is 1.21 bits per heavy atom. The van der Waals surface area contributed by atoms with Crippen LogP contribution in [0.5, 0.6) is 5.75 Å². The zero-order chi connectivity index (χ0) is 19.5. The molecule has 2 aliphatic heterocycles. The first-order valence-corrected chi connectivity index (χ1v) is 10.3. The van der Waals surface area contributed by atoms with Gasteiger partial charge in [0, 0.05) is 30.1 Å². The van der Waals surface area contributed by atoms with E-state index >= 15 is 0 Å². The van der Waals surface area contributed by atoms with Crippen LogP contribution in [-0.4, -0.2) is 43.1 Å². The Kier molecular flexibility index (Phi) is 5.67. The molecule has 1 amide bonds. The minimum absolute atomic E-state index is 0.0390. The summed E-state index contributed by atoms with van der Waals surface area (Å²) in [7, 11) is 0. The fourth-order valence-corrected chi connectivity index (χ4v) is 4.66. The Balaban J connectivity index is 1.31. The molecule has 2 aliphatic rings. The summed E-state index contributed by atoms with van der Waals surface area (Å²) in [6, 6.07) is 7.40. The van der Waals surface area contributed by atoms with Crippen molar-refractivity contribution in [3.05, 3.63) is 40.2 Å². The number of hydrogen-bond acceptors (Lipinski definition) is 5. The minimum atomic E-state index is -0.385. The van der Waals surface area contributed by atoms with E-state index in [1.54, 1.807) is 12.1 Å². The number of nitrogens with zero attached hydrogens (tertiary/aromatic N) is 1. The van der Waals surface area contributed by atoms with Crippen LogP contribution in [0.25, 0.3) is 11.0 Å². The molecule has 0 bridgehead atoms. The second kappa shape index (κ2) is 8.35. The van der Waals surface area contributed by atoms with Gasteiger partial charge in [-0.05, 0) is 69.3 Å². The second-order valence-electron chi connectivity index (χ2n) is 8.00. The lowest BCUT2D eigenvalue weighted by molar-refractivity contribution is -0.123. The molecule has 3 heterocycles. The molecule has 2 atom stereocenters. The van der Waals surface area contributed by atoms with E-state index in [0.717, 1.165) is 17.5 Å². The van der Waals surface area contributed by atoms with Gasteiger partial charge in [-0.1, -0.05) is 6.42 Å². The first kappa shape index (κ1) is 19.0. The van der Waals surface area contributed by atoms with Gasteiger partial charge in [-0.3, -0.25) is 4.79 Å². The van der Waals surface area contributed by atoms with Crippen LogP contribution in [0.1, 0.15) is 37.7 Å². The van der Waals surface area contributed by atoms with E-state index in [2.05, 4.69) is 10.2 Å². The van der Waals surface area contributed by atoms with Gasteiger partial charge in [0.05, 0.1) is 0 Å². The molecule has 6 nitrogen and oxygen atoms in total. The molecule has 6 heteroatoms. The number of ether oxygens (including phenoxy) is 1. The van der Waals surface area contributed by atoms with E-state index in [1.165, 1.54) is 51.3 Å². The molecule has 2 fully saturated rings. The van der Waals surface area contributed by atoms with Gasteiger partial charge in [0.15, 0.2) is 6.61 Å². The summed E-state index contributed by atoms with van der Waals surface area (Å²) in [6.45, 7) is 4.95. The van der Waals surface area contributed by atoms with Crippen molar-refractivity contribution in [3.8, 4) is 5.75 Å². The van der Waals surface area contributed by atoms with Gasteiger partial charge in [-0.15, -0.1) is 0 Å². The zero-order valence-electron chi connectivity index (χ0n) is 16.4. The van der Waals surface area contributed by atoms with Gasteiger partial charge in [0.2, 0.25) is 0 Å². The smallest absolute Gasteiger partial charge is 0.336 e. The van der Waals surface area contributed by atoms with E-state index in [9.17, 15) is 9.59 Å². The van der Waals surface area contributed by atoms with Crippen molar-refractivity contribution in [2.75, 3.05) is 26.2 Å². The number of aryl methyl sites for hydroxylation is 1. The van der Waals surface area contributed by atoms with Gasteiger partial charge in [-0.2, -0.15) is 0 Å². The van der Waals surface area contributed by atoms with E-state index in [1.807, 2.05) is 13.0 Å². The monoisotopic (exact) mass is 384 g/mol. The molecule has 2 saturated heterocycles. The molecule has 0 radical (unpaired) electrons. The molecular formula is C22H28N2O4. The summed E-state index contributed by atoms with van der Waals surface area (Å²) in [6.07, 6.45) is 6.25. The van der Waals surface area contributed by atoms with Gasteiger partial charge in [0.25, 0.3) is 5.91 Å². The quantitative estimate of drug-likeness (QED) is 0.803. The maximum absolute atomic E-state index is 12.3. The van der Waals surface area contributed by atoms with Crippen LogP contribution in [0.2, 0.25) is 0 Å². The lowest BCUT2D eigenvalue weighted by Gasteiger charge is -2.44. The summed E-state index contributed by atoms with van der Waals surface area (Å²) in [5, 5.41) is 3.91. The third kappa shape index (κ3) is 4.22. The van der Waals surface area contributed by atoms with Crippen LogP contribution in [0, 0.1) is 12.8 Å². The summed E-state index contributed by atoms with van der Waals surface area (Å²) >= 11 is 0. The number of benzene rings is 1. The van der Waals surface area contributed by atoms with Crippen molar-refractivity contribution < 1.29 is 13.9 Å². The van der Waals surface area contributed by atoms with E-state index in [0.29, 0.717) is 23.3 Å². The second-order valence-corrected chi connectivity index (χ2v) is 8.00. The maximum atomic E-state index is 12.3. The minimum Gasteiger partial charge on any atom is -0.484 e. The molecule has 1 aromatic carbocycles. The SMILES string of the molecule is Cc1cc(=O)oc2cc(OCC(=O)NC[C@@H]3CCCN4CCCC[C@@H]34)ccc12. The highest BCUT2D eigenvalue weighted by atomic mass is 16.5. The predicted octanol–water partition coefficient (Wildman–Crippen LogP) is 2.86. The van der Waals surface area contributed by atoms with Crippen molar-refractivity contribution in [1.29, 1.82) is 0 Å². The van der Waals surface area contributed by atoms with Crippen LogP contribution in [0.3, 0.4) is 0 Å². The van der Waals surface area contributed by atoms with Crippen LogP contribution < -0.4 is 15.7 Å². The predicted molar refractivity (Wildman–Crippen MR) is 108 cm³/mol. The average Bonchev–Trinajstić information content (AvgIpc) is 2.70. The molecule has 28 heavy (non-hydrogen) atoms. The summed E-state index contributed by atoms with van der Waals surface area (Å²) in [4.78, 5) is 26.4. The van der Waals surface area contributed by atoms with Crippen molar-refractivity contribution in [2.24, 2.45) is 5.92 Å². The summed E-state index contributed by atoms with van der Waals surface area (Å²) < 4.78 is 10.8. The summed E-state index contributed by atoms with van der Waals surface area (Å²) in [5.41, 5.74) is 0.950. The number of fused-ring (bicyclic) bond motifs is 2. The van der Waals surface area contributed by atoms with Crippen LogP contribution in [-0.2, 0) is 4.79 Å². The van der Waals surface area contributed by atoms with Crippen LogP contribution in [0.4, 0.5) is 0 Å². The topological polar surface area (TPSA) is 71.8 Å². The van der Waals surface area contributed by atoms with E-state index in [4.69, 9.17) is 9.15 Å². The zero-order valence-corrected chi connectivity index (χ0v) is 16.4. The molecule has 1 N–H and O–H groups in total. The molecule has 4 rings (SSSR count). The Bertz CT molecular complexity index is 905. The molecule has 1 aromatic heterocycles. The fraction of sp³-hybridized carbons (Fsp3) is 0.545. The molecule has 0 aliphatic carbocycles. The van der Waals surface area contributed by atoms with Gasteiger partial charge < -0.3 is 19.4 Å². The van der Waals surface area contributed by atoms with Crippen molar-refractivity contribution in [2.45, 2.75) is 45.1 Å². The third-order valence-electron chi connectivity index (χ3n) is 6.08.